The van der Waals surface area contributed by atoms with Crippen LogP contribution in [0.1, 0.15) is 18.0 Å². The highest BCUT2D eigenvalue weighted by atomic mass is 79.9. The van der Waals surface area contributed by atoms with Gasteiger partial charge in [0.1, 0.15) is 0 Å². The van der Waals surface area contributed by atoms with Crippen LogP contribution in [0.25, 0.3) is 0 Å². The lowest BCUT2D eigenvalue weighted by atomic mass is 10.0. The van der Waals surface area contributed by atoms with Crippen LogP contribution in [0.15, 0.2) is 28.7 Å². The van der Waals surface area contributed by atoms with E-state index in [0.29, 0.717) is 6.42 Å². The molecule has 1 N–H and O–H groups in total. The first-order chi connectivity index (χ1) is 8.33. The van der Waals surface area contributed by atoms with Crippen molar-refractivity contribution in [3.8, 4) is 0 Å². The van der Waals surface area contributed by atoms with Crippen molar-refractivity contribution in [3.05, 3.63) is 34.3 Å². The molecule has 1 heterocycles. The zero-order chi connectivity index (χ0) is 12.1. The Hall–Kier alpha value is -0.160. The zero-order valence-electron chi connectivity index (χ0n) is 10.2. The van der Waals surface area contributed by atoms with E-state index in [2.05, 4.69) is 32.2 Å². The third kappa shape index (κ3) is 3.92. The molecule has 1 saturated heterocycles. The Morgan fingerprint density at radius 1 is 1.28 bits per heavy atom. The average molecular weight is 338 g/mol. The summed E-state index contributed by atoms with van der Waals surface area (Å²) in [5.74, 6) is 0. The zero-order valence-corrected chi connectivity index (χ0v) is 12.6. The molecule has 1 aliphatic rings. The van der Waals surface area contributed by atoms with Crippen LogP contribution >= 0.6 is 28.3 Å². The van der Waals surface area contributed by atoms with Gasteiger partial charge in [-0.1, -0.05) is 34.1 Å². The Labute approximate surface area is 122 Å². The molecule has 1 aliphatic heterocycles. The molecule has 0 saturated carbocycles. The van der Waals surface area contributed by atoms with E-state index < -0.39 is 0 Å². The Bertz CT molecular complexity index is 359. The van der Waals surface area contributed by atoms with E-state index in [4.69, 9.17) is 0 Å². The quantitative estimate of drug-likeness (QED) is 0.908. The molecule has 2 nitrogen and oxygen atoms in total. The maximum atomic E-state index is 12.8. The summed E-state index contributed by atoms with van der Waals surface area (Å²) < 4.78 is 13.8. The topological polar surface area (TPSA) is 15.3 Å². The van der Waals surface area contributed by atoms with Gasteiger partial charge in [-0.25, -0.2) is 0 Å². The van der Waals surface area contributed by atoms with Gasteiger partial charge in [-0.05, 0) is 18.1 Å². The van der Waals surface area contributed by atoms with Gasteiger partial charge in [-0.3, -0.25) is 9.29 Å². The first-order valence-electron chi connectivity index (χ1n) is 6.08. The predicted octanol–water partition coefficient (Wildman–Crippen LogP) is 3.18. The lowest BCUT2D eigenvalue weighted by Crippen LogP contribution is -2.45. The lowest BCUT2D eigenvalue weighted by molar-refractivity contribution is 0.157. The van der Waals surface area contributed by atoms with Crippen LogP contribution in [0.4, 0.5) is 4.39 Å². The van der Waals surface area contributed by atoms with Gasteiger partial charge in [0.25, 0.3) is 0 Å². The van der Waals surface area contributed by atoms with Crippen molar-refractivity contribution in [2.45, 2.75) is 12.5 Å². The highest BCUT2D eigenvalue weighted by Crippen LogP contribution is 2.30. The van der Waals surface area contributed by atoms with Crippen LogP contribution < -0.4 is 5.32 Å². The van der Waals surface area contributed by atoms with Crippen LogP contribution in [0, 0.1) is 0 Å². The summed E-state index contributed by atoms with van der Waals surface area (Å²) in [6.07, 6.45) is 0.572. The SMILES string of the molecule is Cl.FCC[C@H](c1ccccc1Br)N1CCNCC1. The van der Waals surface area contributed by atoms with Crippen LogP contribution in [-0.4, -0.2) is 37.8 Å². The molecule has 0 bridgehead atoms. The molecule has 0 spiro atoms. The van der Waals surface area contributed by atoms with Crippen LogP contribution in [0.2, 0.25) is 0 Å². The number of halogens is 3. The van der Waals surface area contributed by atoms with Gasteiger partial charge in [0.2, 0.25) is 0 Å². The van der Waals surface area contributed by atoms with Crippen molar-refractivity contribution in [3.63, 3.8) is 0 Å². The van der Waals surface area contributed by atoms with E-state index in [0.717, 1.165) is 30.7 Å². The van der Waals surface area contributed by atoms with Gasteiger partial charge in [-0.2, -0.15) is 0 Å². The summed E-state index contributed by atoms with van der Waals surface area (Å²) in [4.78, 5) is 2.37. The Morgan fingerprint density at radius 3 is 2.56 bits per heavy atom. The van der Waals surface area contributed by atoms with Crippen molar-refractivity contribution in [2.75, 3.05) is 32.9 Å². The minimum Gasteiger partial charge on any atom is -0.314 e. The van der Waals surface area contributed by atoms with E-state index in [9.17, 15) is 4.39 Å². The van der Waals surface area contributed by atoms with Crippen molar-refractivity contribution in [2.24, 2.45) is 0 Å². The second-order valence-corrected chi connectivity index (χ2v) is 5.16. The lowest BCUT2D eigenvalue weighted by Gasteiger charge is -2.35. The number of nitrogens with one attached hydrogen (secondary N) is 1. The summed E-state index contributed by atoms with van der Waals surface area (Å²) in [6, 6.07) is 8.33. The van der Waals surface area contributed by atoms with Crippen molar-refractivity contribution in [1.29, 1.82) is 0 Å². The monoisotopic (exact) mass is 336 g/mol. The molecule has 0 aromatic heterocycles. The Balaban J connectivity index is 0.00000162. The fraction of sp³-hybridized carbons (Fsp3) is 0.538. The van der Waals surface area contributed by atoms with Gasteiger partial charge >= 0.3 is 0 Å². The van der Waals surface area contributed by atoms with E-state index in [1.807, 2.05) is 18.2 Å². The second-order valence-electron chi connectivity index (χ2n) is 4.30. The first kappa shape index (κ1) is 15.9. The minimum absolute atomic E-state index is 0. The summed E-state index contributed by atoms with van der Waals surface area (Å²) in [5, 5.41) is 3.33. The van der Waals surface area contributed by atoms with E-state index in [1.165, 1.54) is 5.56 Å². The van der Waals surface area contributed by atoms with Crippen LogP contribution in [0.3, 0.4) is 0 Å². The number of piperazine rings is 1. The van der Waals surface area contributed by atoms with Gasteiger partial charge in [0.05, 0.1) is 6.67 Å². The van der Waals surface area contributed by atoms with Gasteiger partial charge in [0, 0.05) is 36.7 Å². The average Bonchev–Trinajstić information content (AvgIpc) is 2.38. The number of benzene rings is 1. The molecule has 0 unspecified atom stereocenters. The van der Waals surface area contributed by atoms with Gasteiger partial charge in [-0.15, -0.1) is 12.4 Å². The number of nitrogens with zero attached hydrogens (tertiary/aromatic N) is 1. The van der Waals surface area contributed by atoms with Crippen molar-refractivity contribution >= 4 is 28.3 Å². The molecule has 1 atom stereocenters. The number of rotatable bonds is 4. The van der Waals surface area contributed by atoms with Crippen molar-refractivity contribution < 1.29 is 4.39 Å². The molecule has 0 radical (unpaired) electrons. The Morgan fingerprint density at radius 2 is 1.94 bits per heavy atom. The molecule has 1 aromatic rings. The minimum atomic E-state index is -0.268. The summed E-state index contributed by atoms with van der Waals surface area (Å²) in [6.45, 7) is 3.70. The molecule has 2 rings (SSSR count). The Kier molecular flexibility index (Phi) is 7.15. The van der Waals surface area contributed by atoms with E-state index in [-0.39, 0.29) is 25.1 Å². The molecule has 1 fully saturated rings. The normalized spacial score (nSPS) is 18.1. The van der Waals surface area contributed by atoms with Crippen molar-refractivity contribution in [1.82, 2.24) is 10.2 Å². The maximum absolute atomic E-state index is 12.8. The van der Waals surface area contributed by atoms with Gasteiger partial charge < -0.3 is 5.32 Å². The molecule has 1 aromatic carbocycles. The number of hydrogen-bond donors (Lipinski definition) is 1. The molecule has 5 heteroatoms. The smallest absolute Gasteiger partial charge is 0.0912 e. The summed E-state index contributed by atoms with van der Waals surface area (Å²) >= 11 is 3.57. The van der Waals surface area contributed by atoms with Gasteiger partial charge in [0.15, 0.2) is 0 Å². The molecule has 0 aliphatic carbocycles. The molecule has 102 valence electrons. The molecular weight excluding hydrogens is 319 g/mol. The predicted molar refractivity (Wildman–Crippen MR) is 79.2 cm³/mol. The fourth-order valence-corrected chi connectivity index (χ4v) is 2.93. The van der Waals surface area contributed by atoms with Crippen LogP contribution in [-0.2, 0) is 0 Å². The maximum Gasteiger partial charge on any atom is 0.0912 e. The highest BCUT2D eigenvalue weighted by Gasteiger charge is 2.23. The molecule has 0 amide bonds. The summed E-state index contributed by atoms with van der Waals surface area (Å²) in [7, 11) is 0. The number of alkyl halides is 1. The largest absolute Gasteiger partial charge is 0.314 e. The fourth-order valence-electron chi connectivity index (χ4n) is 2.38. The van der Waals surface area contributed by atoms with E-state index >= 15 is 0 Å². The second kappa shape index (κ2) is 8.10. The van der Waals surface area contributed by atoms with E-state index in [1.54, 1.807) is 0 Å². The molecular formula is C13H19BrClFN2. The first-order valence-corrected chi connectivity index (χ1v) is 6.87. The number of hydrogen-bond acceptors (Lipinski definition) is 2. The third-order valence-corrected chi connectivity index (χ3v) is 3.96. The molecule has 18 heavy (non-hydrogen) atoms. The summed E-state index contributed by atoms with van der Waals surface area (Å²) in [5.41, 5.74) is 1.20. The highest BCUT2D eigenvalue weighted by molar-refractivity contribution is 9.10. The standard InChI is InChI=1S/C13H18BrFN2.ClH/c14-12-4-2-1-3-11(12)13(5-6-15)17-9-7-16-8-10-17;/h1-4,13,16H,5-10H2;1H/t13-;/m1./s1. The van der Waals surface area contributed by atoms with Crippen LogP contribution in [0.5, 0.6) is 0 Å². The third-order valence-electron chi connectivity index (χ3n) is 3.24.